The molecule has 1 saturated heterocycles. The molecule has 1 aliphatic rings. The summed E-state index contributed by atoms with van der Waals surface area (Å²) in [6, 6.07) is -0.487. The van der Waals surface area contributed by atoms with Crippen molar-refractivity contribution in [1.82, 2.24) is 15.5 Å². The minimum atomic E-state index is -0.487. The summed E-state index contributed by atoms with van der Waals surface area (Å²) in [4.78, 5) is 25.1. The summed E-state index contributed by atoms with van der Waals surface area (Å²) in [5, 5.41) is 5.87. The lowest BCUT2D eigenvalue weighted by atomic mass is 10.2. The zero-order chi connectivity index (χ0) is 13.5. The van der Waals surface area contributed by atoms with Gasteiger partial charge in [0, 0.05) is 26.7 Å². The first-order valence-corrected chi connectivity index (χ1v) is 6.41. The molecule has 2 amide bonds. The van der Waals surface area contributed by atoms with Crippen LogP contribution in [0, 0.1) is 0 Å². The largest absolute Gasteiger partial charge is 0.375 e. The average molecular weight is 257 g/mol. The molecule has 0 spiro atoms. The van der Waals surface area contributed by atoms with E-state index in [1.807, 2.05) is 6.92 Å². The first-order valence-electron chi connectivity index (χ1n) is 6.41. The van der Waals surface area contributed by atoms with Gasteiger partial charge in [-0.2, -0.15) is 0 Å². The van der Waals surface area contributed by atoms with E-state index >= 15 is 0 Å². The molecule has 1 heterocycles. The summed E-state index contributed by atoms with van der Waals surface area (Å²) in [5.41, 5.74) is 0. The fourth-order valence-corrected chi connectivity index (χ4v) is 1.81. The first kappa shape index (κ1) is 14.9. The van der Waals surface area contributed by atoms with E-state index in [0.717, 1.165) is 6.54 Å². The number of amides is 2. The number of hydrogen-bond donors (Lipinski definition) is 2. The van der Waals surface area contributed by atoms with Crippen LogP contribution < -0.4 is 10.6 Å². The highest BCUT2D eigenvalue weighted by atomic mass is 16.5. The van der Waals surface area contributed by atoms with E-state index in [4.69, 9.17) is 4.74 Å². The number of ether oxygens (including phenoxy) is 1. The standard InChI is InChI=1S/C12H23N3O3/c1-4-15(3)12(17)9(2)14-11(16)7-10-8-13-5-6-18-10/h9-10,13H,4-8H2,1-3H3,(H,14,16). The monoisotopic (exact) mass is 257 g/mol. The fourth-order valence-electron chi connectivity index (χ4n) is 1.81. The molecule has 0 aromatic carbocycles. The van der Waals surface area contributed by atoms with Gasteiger partial charge in [-0.15, -0.1) is 0 Å². The maximum absolute atomic E-state index is 11.8. The number of hydrogen-bond acceptors (Lipinski definition) is 4. The summed E-state index contributed by atoms with van der Waals surface area (Å²) in [7, 11) is 1.72. The molecule has 104 valence electrons. The Kier molecular flexibility index (Phi) is 6.07. The Balaban J connectivity index is 2.32. The molecule has 0 radical (unpaired) electrons. The molecule has 1 rings (SSSR count). The number of carbonyl (C=O) groups excluding carboxylic acids is 2. The molecule has 18 heavy (non-hydrogen) atoms. The van der Waals surface area contributed by atoms with Crippen LogP contribution in [-0.2, 0) is 14.3 Å². The average Bonchev–Trinajstić information content (AvgIpc) is 2.37. The Morgan fingerprint density at radius 3 is 2.83 bits per heavy atom. The number of nitrogens with one attached hydrogen (secondary N) is 2. The van der Waals surface area contributed by atoms with Crippen molar-refractivity contribution in [3.05, 3.63) is 0 Å². The van der Waals surface area contributed by atoms with Crippen molar-refractivity contribution in [1.29, 1.82) is 0 Å². The number of likely N-dealkylation sites (N-methyl/N-ethyl adjacent to an activating group) is 1. The quantitative estimate of drug-likeness (QED) is 0.686. The molecular formula is C12H23N3O3. The Bertz CT molecular complexity index is 290. The van der Waals surface area contributed by atoms with Crippen LogP contribution in [0.15, 0.2) is 0 Å². The van der Waals surface area contributed by atoms with Crippen LogP contribution in [0.3, 0.4) is 0 Å². The van der Waals surface area contributed by atoms with Crippen LogP contribution in [0.5, 0.6) is 0 Å². The van der Waals surface area contributed by atoms with Gasteiger partial charge in [0.2, 0.25) is 11.8 Å². The van der Waals surface area contributed by atoms with Crippen LogP contribution in [0.4, 0.5) is 0 Å². The molecular weight excluding hydrogens is 234 g/mol. The molecule has 2 atom stereocenters. The highest BCUT2D eigenvalue weighted by Gasteiger charge is 2.21. The molecule has 0 saturated carbocycles. The third kappa shape index (κ3) is 4.62. The number of morpholine rings is 1. The second-order valence-corrected chi connectivity index (χ2v) is 4.54. The van der Waals surface area contributed by atoms with Crippen molar-refractivity contribution in [2.24, 2.45) is 0 Å². The van der Waals surface area contributed by atoms with Gasteiger partial charge in [-0.3, -0.25) is 9.59 Å². The van der Waals surface area contributed by atoms with Crippen molar-refractivity contribution in [3.63, 3.8) is 0 Å². The van der Waals surface area contributed by atoms with Gasteiger partial charge in [0.25, 0.3) is 0 Å². The summed E-state index contributed by atoms with van der Waals surface area (Å²) < 4.78 is 5.44. The first-order chi connectivity index (χ1) is 8.54. The molecule has 2 N–H and O–H groups in total. The molecule has 6 nitrogen and oxygen atoms in total. The predicted molar refractivity (Wildman–Crippen MR) is 68.1 cm³/mol. The van der Waals surface area contributed by atoms with Crippen molar-refractivity contribution in [3.8, 4) is 0 Å². The third-order valence-electron chi connectivity index (χ3n) is 3.02. The fraction of sp³-hybridized carbons (Fsp3) is 0.833. The topological polar surface area (TPSA) is 70.7 Å². The zero-order valence-corrected chi connectivity index (χ0v) is 11.4. The normalized spacial score (nSPS) is 21.2. The Labute approximate surface area is 108 Å². The Morgan fingerprint density at radius 1 is 1.56 bits per heavy atom. The van der Waals surface area contributed by atoms with E-state index in [9.17, 15) is 9.59 Å². The van der Waals surface area contributed by atoms with Gasteiger partial charge in [-0.05, 0) is 13.8 Å². The molecule has 1 fully saturated rings. The van der Waals surface area contributed by atoms with Crippen LogP contribution in [0.1, 0.15) is 20.3 Å². The van der Waals surface area contributed by atoms with E-state index in [-0.39, 0.29) is 17.9 Å². The van der Waals surface area contributed by atoms with Gasteiger partial charge in [-0.25, -0.2) is 0 Å². The minimum absolute atomic E-state index is 0.0754. The third-order valence-corrected chi connectivity index (χ3v) is 3.02. The lowest BCUT2D eigenvalue weighted by molar-refractivity contribution is -0.135. The van der Waals surface area contributed by atoms with Crippen molar-refractivity contribution in [2.45, 2.75) is 32.4 Å². The van der Waals surface area contributed by atoms with E-state index in [2.05, 4.69) is 10.6 Å². The van der Waals surface area contributed by atoms with Gasteiger partial charge in [0.05, 0.1) is 19.1 Å². The number of carbonyl (C=O) groups is 2. The molecule has 0 aromatic rings. The maximum atomic E-state index is 11.8. The van der Waals surface area contributed by atoms with Gasteiger partial charge in [0.15, 0.2) is 0 Å². The van der Waals surface area contributed by atoms with Crippen molar-refractivity contribution in [2.75, 3.05) is 33.3 Å². The minimum Gasteiger partial charge on any atom is -0.375 e. The van der Waals surface area contributed by atoms with Crippen LogP contribution in [0.2, 0.25) is 0 Å². The van der Waals surface area contributed by atoms with Gasteiger partial charge < -0.3 is 20.3 Å². The summed E-state index contributed by atoms with van der Waals surface area (Å²) in [5.74, 6) is -0.220. The highest BCUT2D eigenvalue weighted by molar-refractivity contribution is 5.87. The van der Waals surface area contributed by atoms with Crippen molar-refractivity contribution >= 4 is 11.8 Å². The summed E-state index contributed by atoms with van der Waals surface area (Å²) in [6.45, 7) is 6.37. The molecule has 0 bridgehead atoms. The van der Waals surface area contributed by atoms with Gasteiger partial charge in [-0.1, -0.05) is 0 Å². The SMILES string of the molecule is CCN(C)C(=O)C(C)NC(=O)CC1CNCCO1. The Morgan fingerprint density at radius 2 is 2.28 bits per heavy atom. The van der Waals surface area contributed by atoms with Crippen LogP contribution >= 0.6 is 0 Å². The van der Waals surface area contributed by atoms with E-state index in [0.29, 0.717) is 26.1 Å². The van der Waals surface area contributed by atoms with Crippen molar-refractivity contribution < 1.29 is 14.3 Å². The molecule has 2 unspecified atom stereocenters. The molecule has 1 aliphatic heterocycles. The zero-order valence-electron chi connectivity index (χ0n) is 11.4. The lowest BCUT2D eigenvalue weighted by Crippen LogP contribution is -2.47. The second kappa shape index (κ2) is 7.33. The van der Waals surface area contributed by atoms with Gasteiger partial charge in [0.1, 0.15) is 6.04 Å². The lowest BCUT2D eigenvalue weighted by Gasteiger charge is -2.24. The van der Waals surface area contributed by atoms with Crippen LogP contribution in [-0.4, -0.2) is 62.1 Å². The summed E-state index contributed by atoms with van der Waals surface area (Å²) in [6.07, 6.45) is 0.199. The van der Waals surface area contributed by atoms with E-state index in [1.54, 1.807) is 18.9 Å². The predicted octanol–water partition coefficient (Wildman–Crippen LogP) is -0.652. The number of nitrogens with zero attached hydrogens (tertiary/aromatic N) is 1. The maximum Gasteiger partial charge on any atom is 0.244 e. The Hall–Kier alpha value is -1.14. The second-order valence-electron chi connectivity index (χ2n) is 4.54. The van der Waals surface area contributed by atoms with Crippen LogP contribution in [0.25, 0.3) is 0 Å². The molecule has 0 aromatic heterocycles. The number of rotatable bonds is 5. The summed E-state index contributed by atoms with van der Waals surface area (Å²) >= 11 is 0. The molecule has 6 heteroatoms. The smallest absolute Gasteiger partial charge is 0.244 e. The molecule has 0 aliphatic carbocycles. The highest BCUT2D eigenvalue weighted by Crippen LogP contribution is 2.02. The van der Waals surface area contributed by atoms with E-state index in [1.165, 1.54) is 0 Å². The van der Waals surface area contributed by atoms with E-state index < -0.39 is 6.04 Å². The van der Waals surface area contributed by atoms with Gasteiger partial charge >= 0.3 is 0 Å².